The number of nitrogens with zero attached hydrogens (tertiary/aromatic N) is 1. The highest BCUT2D eigenvalue weighted by Crippen LogP contribution is 2.47. The molecule has 2 unspecified atom stereocenters. The quantitative estimate of drug-likeness (QED) is 0.406. The van der Waals surface area contributed by atoms with Gasteiger partial charge in [-0.3, -0.25) is 0 Å². The first-order valence-electron chi connectivity index (χ1n) is 12.7. The zero-order valence-corrected chi connectivity index (χ0v) is 21.4. The number of benzene rings is 3. The molecule has 0 bridgehead atoms. The zero-order valence-electron chi connectivity index (χ0n) is 21.4. The normalized spacial score (nSPS) is 20.1. The van der Waals surface area contributed by atoms with Crippen LogP contribution in [0.4, 0.5) is 14.5 Å². The lowest BCUT2D eigenvalue weighted by molar-refractivity contribution is -0.141. The van der Waals surface area contributed by atoms with Gasteiger partial charge in [0.2, 0.25) is 0 Å². The Kier molecular flexibility index (Phi) is 7.36. The summed E-state index contributed by atoms with van der Waals surface area (Å²) in [6, 6.07) is 15.6. The molecule has 1 N–H and O–H groups in total. The lowest BCUT2D eigenvalue weighted by atomic mass is 9.75. The Balaban J connectivity index is 1.46. The maximum Gasteiger partial charge on any atom is 0.159 e. The van der Waals surface area contributed by atoms with Crippen LogP contribution in [0.25, 0.3) is 0 Å². The first-order chi connectivity index (χ1) is 17.9. The van der Waals surface area contributed by atoms with Crippen molar-refractivity contribution >= 4 is 5.69 Å². The molecule has 5 rings (SSSR count). The van der Waals surface area contributed by atoms with Crippen molar-refractivity contribution in [3.05, 3.63) is 88.5 Å². The van der Waals surface area contributed by atoms with E-state index in [9.17, 15) is 9.50 Å². The molecule has 0 radical (unpaired) electrons. The third-order valence-corrected chi connectivity index (χ3v) is 7.82. The SMILES string of the molecule is COC(OC)C1CCN(c2ccc(C3c4ccc(O)cc4OCC3c3ccc(F)c(C)c3)cc2F)CC1. The highest BCUT2D eigenvalue weighted by Gasteiger charge is 2.35. The van der Waals surface area contributed by atoms with Gasteiger partial charge < -0.3 is 24.2 Å². The highest BCUT2D eigenvalue weighted by molar-refractivity contribution is 5.55. The lowest BCUT2D eigenvalue weighted by Gasteiger charge is -2.37. The van der Waals surface area contributed by atoms with Crippen LogP contribution in [-0.2, 0) is 9.47 Å². The van der Waals surface area contributed by atoms with Crippen molar-refractivity contribution in [3.8, 4) is 11.5 Å². The van der Waals surface area contributed by atoms with E-state index in [0.717, 1.165) is 42.6 Å². The minimum absolute atomic E-state index is 0.114. The third kappa shape index (κ3) is 5.03. The summed E-state index contributed by atoms with van der Waals surface area (Å²) in [4.78, 5) is 2.08. The summed E-state index contributed by atoms with van der Waals surface area (Å²) in [6.07, 6.45) is 1.47. The Morgan fingerprint density at radius 3 is 2.32 bits per heavy atom. The molecular weight excluding hydrogens is 476 g/mol. The number of hydrogen-bond acceptors (Lipinski definition) is 5. The largest absolute Gasteiger partial charge is 0.508 e. The van der Waals surface area contributed by atoms with E-state index in [1.807, 2.05) is 24.3 Å². The maximum atomic E-state index is 15.7. The molecule has 3 aromatic carbocycles. The van der Waals surface area contributed by atoms with Gasteiger partial charge >= 0.3 is 0 Å². The molecular formula is C30H33F2NO4. The molecule has 0 spiro atoms. The second kappa shape index (κ2) is 10.7. The van der Waals surface area contributed by atoms with E-state index in [1.165, 1.54) is 6.07 Å². The Morgan fingerprint density at radius 2 is 1.65 bits per heavy atom. The molecule has 1 fully saturated rings. The molecule has 0 aliphatic carbocycles. The smallest absolute Gasteiger partial charge is 0.159 e. The Morgan fingerprint density at radius 1 is 0.919 bits per heavy atom. The fourth-order valence-electron chi connectivity index (χ4n) is 5.86. The summed E-state index contributed by atoms with van der Waals surface area (Å²) in [7, 11) is 3.30. The van der Waals surface area contributed by atoms with Crippen LogP contribution >= 0.6 is 0 Å². The summed E-state index contributed by atoms with van der Waals surface area (Å²) in [5, 5.41) is 10.0. The number of aryl methyl sites for hydroxylation is 1. The number of phenolic OH excluding ortho intramolecular Hbond substituents is 1. The van der Waals surface area contributed by atoms with Crippen molar-refractivity contribution in [2.45, 2.75) is 37.9 Å². The van der Waals surface area contributed by atoms with E-state index < -0.39 is 0 Å². The van der Waals surface area contributed by atoms with Gasteiger partial charge in [0.25, 0.3) is 0 Å². The van der Waals surface area contributed by atoms with Crippen molar-refractivity contribution in [3.63, 3.8) is 0 Å². The molecule has 2 atom stereocenters. The highest BCUT2D eigenvalue weighted by atomic mass is 19.1. The fraction of sp³-hybridized carbons (Fsp3) is 0.400. The van der Waals surface area contributed by atoms with Crippen molar-refractivity contribution in [2.24, 2.45) is 5.92 Å². The van der Waals surface area contributed by atoms with Gasteiger partial charge in [0.05, 0.1) is 12.3 Å². The number of ether oxygens (including phenoxy) is 3. The monoisotopic (exact) mass is 509 g/mol. The summed E-state index contributed by atoms with van der Waals surface area (Å²) in [6.45, 7) is 3.52. The van der Waals surface area contributed by atoms with Crippen molar-refractivity contribution in [2.75, 3.05) is 38.8 Å². The van der Waals surface area contributed by atoms with Crippen LogP contribution in [0.15, 0.2) is 54.6 Å². The zero-order chi connectivity index (χ0) is 26.1. The molecule has 0 aromatic heterocycles. The summed E-state index contributed by atoms with van der Waals surface area (Å²) < 4.78 is 46.5. The maximum absolute atomic E-state index is 15.7. The molecule has 7 heteroatoms. The van der Waals surface area contributed by atoms with Gasteiger partial charge in [0.15, 0.2) is 6.29 Å². The van der Waals surface area contributed by atoms with Crippen LogP contribution in [0.3, 0.4) is 0 Å². The number of hydrogen-bond donors (Lipinski definition) is 1. The second-order valence-corrected chi connectivity index (χ2v) is 10.0. The molecule has 2 aliphatic heterocycles. The molecule has 196 valence electrons. The molecule has 2 aliphatic rings. The number of halogens is 2. The van der Waals surface area contributed by atoms with Crippen LogP contribution < -0.4 is 9.64 Å². The average molecular weight is 510 g/mol. The number of phenols is 1. The van der Waals surface area contributed by atoms with E-state index in [0.29, 0.717) is 23.6 Å². The average Bonchev–Trinajstić information content (AvgIpc) is 2.90. The number of methoxy groups -OCH3 is 2. The van der Waals surface area contributed by atoms with Crippen LogP contribution in [0.1, 0.15) is 46.9 Å². The van der Waals surface area contributed by atoms with Crippen molar-refractivity contribution in [1.29, 1.82) is 0 Å². The molecule has 0 saturated carbocycles. The van der Waals surface area contributed by atoms with E-state index >= 15 is 4.39 Å². The minimum Gasteiger partial charge on any atom is -0.508 e. The minimum atomic E-state index is -0.271. The summed E-state index contributed by atoms with van der Waals surface area (Å²) in [5.74, 6) is 0.0875. The lowest BCUT2D eigenvalue weighted by Crippen LogP contribution is -2.39. The van der Waals surface area contributed by atoms with Crippen LogP contribution in [0.2, 0.25) is 0 Å². The van der Waals surface area contributed by atoms with E-state index in [-0.39, 0.29) is 41.4 Å². The molecule has 5 nitrogen and oxygen atoms in total. The number of fused-ring (bicyclic) bond motifs is 1. The Hall–Kier alpha value is -3.16. The van der Waals surface area contributed by atoms with E-state index in [4.69, 9.17) is 14.2 Å². The molecule has 3 aromatic rings. The van der Waals surface area contributed by atoms with Gasteiger partial charge in [-0.15, -0.1) is 0 Å². The Bertz CT molecular complexity index is 1250. The van der Waals surface area contributed by atoms with Gasteiger partial charge in [-0.25, -0.2) is 8.78 Å². The first kappa shape index (κ1) is 25.5. The second-order valence-electron chi connectivity index (χ2n) is 10.0. The van der Waals surface area contributed by atoms with Crippen LogP contribution in [0, 0.1) is 24.5 Å². The molecule has 37 heavy (non-hydrogen) atoms. The van der Waals surface area contributed by atoms with Gasteiger partial charge in [-0.05, 0) is 60.7 Å². The number of piperidine rings is 1. The predicted molar refractivity (Wildman–Crippen MR) is 138 cm³/mol. The number of aromatic hydroxyl groups is 1. The van der Waals surface area contributed by atoms with Crippen LogP contribution in [-0.4, -0.2) is 45.3 Å². The molecule has 1 saturated heterocycles. The van der Waals surface area contributed by atoms with E-state index in [1.54, 1.807) is 45.4 Å². The Labute approximate surface area is 216 Å². The van der Waals surface area contributed by atoms with Crippen LogP contribution in [0.5, 0.6) is 11.5 Å². The molecule has 2 heterocycles. The first-order valence-corrected chi connectivity index (χ1v) is 12.7. The third-order valence-electron chi connectivity index (χ3n) is 7.82. The van der Waals surface area contributed by atoms with Gasteiger partial charge in [0.1, 0.15) is 23.1 Å². The van der Waals surface area contributed by atoms with E-state index in [2.05, 4.69) is 4.90 Å². The molecule has 0 amide bonds. The van der Waals surface area contributed by atoms with Gasteiger partial charge in [0, 0.05) is 56.7 Å². The summed E-state index contributed by atoms with van der Waals surface area (Å²) >= 11 is 0. The number of anilines is 1. The fourth-order valence-corrected chi connectivity index (χ4v) is 5.86. The van der Waals surface area contributed by atoms with Gasteiger partial charge in [-0.1, -0.05) is 24.3 Å². The van der Waals surface area contributed by atoms with Crippen molar-refractivity contribution < 1.29 is 28.1 Å². The number of rotatable bonds is 6. The van der Waals surface area contributed by atoms with Gasteiger partial charge in [-0.2, -0.15) is 0 Å². The predicted octanol–water partition coefficient (Wildman–Crippen LogP) is 6.12. The van der Waals surface area contributed by atoms with Crippen molar-refractivity contribution in [1.82, 2.24) is 0 Å². The summed E-state index contributed by atoms with van der Waals surface area (Å²) in [5.41, 5.74) is 3.76. The standard InChI is InChI=1S/C30H33F2NO4/c1-18-14-20(4-8-25(18)31)24-17-37-28-16-22(34)6-7-23(28)29(24)21-5-9-27(26(32)15-21)33-12-10-19(11-13-33)30(35-2)36-3/h4-9,14-16,19,24,29-30,34H,10-13,17H2,1-3H3. The topological polar surface area (TPSA) is 51.2 Å².